The zero-order valence-corrected chi connectivity index (χ0v) is 8.22. The Bertz CT molecular complexity index is 260. The number of halogens is 2. The van der Waals surface area contributed by atoms with Crippen LogP contribution in [0.1, 0.15) is 0 Å². The molecule has 0 amide bonds. The van der Waals surface area contributed by atoms with E-state index in [0.29, 0.717) is 0 Å². The van der Waals surface area contributed by atoms with E-state index in [-0.39, 0.29) is 0 Å². The Hall–Kier alpha value is -0.340. The van der Waals surface area contributed by atoms with Gasteiger partial charge in [0.1, 0.15) is 0 Å². The maximum absolute atomic E-state index is 5.39. The number of nitrogens with zero attached hydrogens (tertiary/aromatic N) is 1. The summed E-state index contributed by atoms with van der Waals surface area (Å²) in [6.45, 7) is 0.797. The standard InChI is InChI=1S/C8H8BrClN/c9-8-4-1-2-6-11(8)7-3-5-10/h1-6H,7H2/q+1/b5-3+. The number of allylic oxidation sites excluding steroid dienone is 1. The Morgan fingerprint density at radius 2 is 2.36 bits per heavy atom. The molecule has 0 aliphatic carbocycles. The van der Waals surface area contributed by atoms with Crippen LogP contribution >= 0.6 is 27.5 Å². The molecule has 0 aliphatic rings. The highest BCUT2D eigenvalue weighted by Crippen LogP contribution is 2.00. The van der Waals surface area contributed by atoms with Crippen molar-refractivity contribution in [2.45, 2.75) is 6.54 Å². The van der Waals surface area contributed by atoms with Gasteiger partial charge in [-0.2, -0.15) is 4.57 Å². The maximum atomic E-state index is 5.39. The van der Waals surface area contributed by atoms with Crippen molar-refractivity contribution in [3.63, 3.8) is 0 Å². The van der Waals surface area contributed by atoms with Crippen LogP contribution in [0.25, 0.3) is 0 Å². The van der Waals surface area contributed by atoms with Crippen LogP contribution in [0.3, 0.4) is 0 Å². The molecule has 1 aromatic heterocycles. The van der Waals surface area contributed by atoms with E-state index in [2.05, 4.69) is 15.9 Å². The highest BCUT2D eigenvalue weighted by Gasteiger charge is 2.01. The van der Waals surface area contributed by atoms with E-state index in [4.69, 9.17) is 11.6 Å². The summed E-state index contributed by atoms with van der Waals surface area (Å²) in [6, 6.07) is 5.94. The van der Waals surface area contributed by atoms with Crippen LogP contribution in [0.4, 0.5) is 0 Å². The molecule has 58 valence electrons. The second-order valence-electron chi connectivity index (χ2n) is 2.04. The lowest BCUT2D eigenvalue weighted by Gasteiger charge is -1.92. The summed E-state index contributed by atoms with van der Waals surface area (Å²) < 4.78 is 3.09. The zero-order valence-electron chi connectivity index (χ0n) is 5.87. The summed E-state index contributed by atoms with van der Waals surface area (Å²) in [7, 11) is 0. The monoisotopic (exact) mass is 232 g/mol. The van der Waals surface area contributed by atoms with Gasteiger partial charge in [0, 0.05) is 33.6 Å². The fourth-order valence-electron chi connectivity index (χ4n) is 0.757. The minimum Gasteiger partial charge on any atom is -0.189 e. The van der Waals surface area contributed by atoms with E-state index in [9.17, 15) is 0 Å². The molecule has 0 aliphatic heterocycles. The normalized spacial score (nSPS) is 10.7. The van der Waals surface area contributed by atoms with Gasteiger partial charge in [-0.15, -0.1) is 0 Å². The lowest BCUT2D eigenvalue weighted by Crippen LogP contribution is -2.33. The summed E-state index contributed by atoms with van der Waals surface area (Å²) >= 11 is 8.81. The van der Waals surface area contributed by atoms with Gasteiger partial charge in [0.05, 0.1) is 0 Å². The highest BCUT2D eigenvalue weighted by molar-refractivity contribution is 9.10. The summed E-state index contributed by atoms with van der Waals surface area (Å²) in [5.74, 6) is 0. The molecule has 0 saturated heterocycles. The fraction of sp³-hybridized carbons (Fsp3) is 0.125. The van der Waals surface area contributed by atoms with Crippen molar-refractivity contribution < 1.29 is 4.57 Å². The summed E-state index contributed by atoms with van der Waals surface area (Å²) in [5, 5.41) is 0. The number of rotatable bonds is 2. The van der Waals surface area contributed by atoms with E-state index in [0.717, 1.165) is 11.1 Å². The van der Waals surface area contributed by atoms with Crippen LogP contribution in [-0.4, -0.2) is 0 Å². The first-order valence-corrected chi connectivity index (χ1v) is 4.46. The molecule has 0 N–H and O–H groups in total. The minimum absolute atomic E-state index is 0.797. The number of aromatic nitrogens is 1. The molecule has 1 rings (SSSR count). The van der Waals surface area contributed by atoms with Gasteiger partial charge in [-0.05, 0) is 12.1 Å². The third-order valence-corrected chi connectivity index (χ3v) is 2.17. The number of hydrogen-bond donors (Lipinski definition) is 0. The first-order chi connectivity index (χ1) is 5.34. The van der Waals surface area contributed by atoms with Gasteiger partial charge in [0.2, 0.25) is 4.60 Å². The number of pyridine rings is 1. The van der Waals surface area contributed by atoms with Gasteiger partial charge >= 0.3 is 0 Å². The molecule has 0 aromatic carbocycles. The lowest BCUT2D eigenvalue weighted by atomic mass is 10.5. The number of hydrogen-bond acceptors (Lipinski definition) is 0. The molecule has 1 heterocycles. The third-order valence-electron chi connectivity index (χ3n) is 1.28. The van der Waals surface area contributed by atoms with E-state index in [1.165, 1.54) is 5.54 Å². The van der Waals surface area contributed by atoms with Gasteiger partial charge in [0.25, 0.3) is 0 Å². The van der Waals surface area contributed by atoms with Crippen molar-refractivity contribution in [2.75, 3.05) is 0 Å². The second-order valence-corrected chi connectivity index (χ2v) is 3.10. The van der Waals surface area contributed by atoms with Crippen molar-refractivity contribution in [3.05, 3.63) is 40.6 Å². The first-order valence-electron chi connectivity index (χ1n) is 3.24. The minimum atomic E-state index is 0.797. The topological polar surface area (TPSA) is 3.88 Å². The van der Waals surface area contributed by atoms with Gasteiger partial charge in [-0.25, -0.2) is 0 Å². The van der Waals surface area contributed by atoms with Crippen LogP contribution < -0.4 is 4.57 Å². The van der Waals surface area contributed by atoms with Crippen LogP contribution in [0.15, 0.2) is 40.6 Å². The van der Waals surface area contributed by atoms with Crippen molar-refractivity contribution in [2.24, 2.45) is 0 Å². The van der Waals surface area contributed by atoms with Crippen molar-refractivity contribution >= 4 is 27.5 Å². The third kappa shape index (κ3) is 2.64. The molecular weight excluding hydrogens is 225 g/mol. The van der Waals surface area contributed by atoms with E-state index in [1.54, 1.807) is 0 Å². The molecular formula is C8H8BrClN+. The average molecular weight is 234 g/mol. The van der Waals surface area contributed by atoms with Crippen LogP contribution in [0.5, 0.6) is 0 Å². The quantitative estimate of drug-likeness (QED) is 0.546. The van der Waals surface area contributed by atoms with Crippen LogP contribution in [-0.2, 0) is 6.54 Å². The maximum Gasteiger partial charge on any atom is 0.248 e. The van der Waals surface area contributed by atoms with Gasteiger partial charge in [-0.3, -0.25) is 0 Å². The summed E-state index contributed by atoms with van der Waals surface area (Å²) in [5.41, 5.74) is 1.52. The van der Waals surface area contributed by atoms with Crippen molar-refractivity contribution in [3.8, 4) is 0 Å². The molecule has 3 heteroatoms. The predicted octanol–water partition coefficient (Wildman–Crippen LogP) is 2.49. The second kappa shape index (κ2) is 4.52. The Morgan fingerprint density at radius 1 is 1.55 bits per heavy atom. The Morgan fingerprint density at radius 3 is 3.00 bits per heavy atom. The molecule has 1 nitrogen and oxygen atoms in total. The predicted molar refractivity (Wildman–Crippen MR) is 49.3 cm³/mol. The average Bonchev–Trinajstić information content (AvgIpc) is 2.03. The molecule has 0 bridgehead atoms. The van der Waals surface area contributed by atoms with Crippen LogP contribution in [0.2, 0.25) is 0 Å². The van der Waals surface area contributed by atoms with Gasteiger partial charge in [0.15, 0.2) is 12.7 Å². The summed E-state index contributed by atoms with van der Waals surface area (Å²) in [4.78, 5) is 0. The molecule has 0 radical (unpaired) electrons. The largest absolute Gasteiger partial charge is 0.248 e. The van der Waals surface area contributed by atoms with Crippen molar-refractivity contribution in [1.82, 2.24) is 0 Å². The Balaban J connectivity index is 2.77. The molecule has 0 fully saturated rings. The fourth-order valence-corrected chi connectivity index (χ4v) is 1.25. The first kappa shape index (κ1) is 8.75. The van der Waals surface area contributed by atoms with Gasteiger partial charge < -0.3 is 0 Å². The molecule has 0 spiro atoms. The Kier molecular flexibility index (Phi) is 3.60. The molecule has 1 aromatic rings. The Labute approximate surface area is 79.4 Å². The van der Waals surface area contributed by atoms with E-state index >= 15 is 0 Å². The summed E-state index contributed by atoms with van der Waals surface area (Å²) in [6.07, 6.45) is 3.87. The van der Waals surface area contributed by atoms with Crippen molar-refractivity contribution in [1.29, 1.82) is 0 Å². The van der Waals surface area contributed by atoms with E-state index in [1.807, 2.05) is 35.0 Å². The SMILES string of the molecule is Cl/C=C/C[n+]1ccccc1Br. The lowest BCUT2D eigenvalue weighted by molar-refractivity contribution is -0.697. The molecule has 11 heavy (non-hydrogen) atoms. The van der Waals surface area contributed by atoms with Crippen LogP contribution in [0, 0.1) is 0 Å². The van der Waals surface area contributed by atoms with E-state index < -0.39 is 0 Å². The smallest absolute Gasteiger partial charge is 0.189 e. The van der Waals surface area contributed by atoms with Gasteiger partial charge in [-0.1, -0.05) is 11.6 Å². The molecule has 0 atom stereocenters. The highest BCUT2D eigenvalue weighted by atomic mass is 79.9. The molecule has 0 saturated carbocycles. The molecule has 0 unspecified atom stereocenters. The zero-order chi connectivity index (χ0) is 8.10.